The minimum atomic E-state index is -0.170. The fourth-order valence-corrected chi connectivity index (χ4v) is 2.92. The predicted octanol–water partition coefficient (Wildman–Crippen LogP) is 2.63. The number of rotatable bonds is 6. The number of nitrogens with two attached hydrogens (primary N) is 1. The summed E-state index contributed by atoms with van der Waals surface area (Å²) >= 11 is 0. The maximum absolute atomic E-state index is 14.1. The van der Waals surface area contributed by atoms with Gasteiger partial charge in [-0.15, -0.1) is 0 Å². The van der Waals surface area contributed by atoms with Gasteiger partial charge < -0.3 is 10.5 Å². The van der Waals surface area contributed by atoms with Crippen LogP contribution in [0.5, 0.6) is 0 Å². The molecular weight excluding hydrogens is 255 g/mol. The van der Waals surface area contributed by atoms with Crippen LogP contribution < -0.4 is 5.73 Å². The molecule has 1 fully saturated rings. The van der Waals surface area contributed by atoms with Crippen molar-refractivity contribution in [3.8, 4) is 0 Å². The molecule has 0 spiro atoms. The molecule has 1 aromatic carbocycles. The van der Waals surface area contributed by atoms with Gasteiger partial charge in [-0.3, -0.25) is 4.90 Å². The summed E-state index contributed by atoms with van der Waals surface area (Å²) in [5.74, 6) is -0.170. The van der Waals surface area contributed by atoms with Crippen LogP contribution in [0.2, 0.25) is 0 Å². The van der Waals surface area contributed by atoms with E-state index in [1.807, 2.05) is 13.0 Å². The summed E-state index contributed by atoms with van der Waals surface area (Å²) < 4.78 is 19.8. The molecule has 2 rings (SSSR count). The second kappa shape index (κ2) is 7.16. The van der Waals surface area contributed by atoms with E-state index in [-0.39, 0.29) is 18.0 Å². The van der Waals surface area contributed by atoms with Gasteiger partial charge in [-0.2, -0.15) is 0 Å². The maximum atomic E-state index is 14.1. The van der Waals surface area contributed by atoms with Crippen molar-refractivity contribution in [2.45, 2.75) is 38.8 Å². The van der Waals surface area contributed by atoms with Crippen molar-refractivity contribution >= 4 is 0 Å². The average molecular weight is 280 g/mol. The highest BCUT2D eigenvalue weighted by Crippen LogP contribution is 2.25. The van der Waals surface area contributed by atoms with E-state index in [2.05, 4.69) is 11.8 Å². The van der Waals surface area contributed by atoms with Gasteiger partial charge in [0.15, 0.2) is 0 Å². The smallest absolute Gasteiger partial charge is 0.128 e. The first-order valence-electron chi connectivity index (χ1n) is 7.47. The van der Waals surface area contributed by atoms with Crippen molar-refractivity contribution in [2.75, 3.05) is 26.2 Å². The molecule has 0 amide bonds. The Hall–Kier alpha value is -0.970. The molecule has 0 saturated carbocycles. The lowest BCUT2D eigenvalue weighted by atomic mass is 10.0. The van der Waals surface area contributed by atoms with Crippen LogP contribution in [0.3, 0.4) is 0 Å². The van der Waals surface area contributed by atoms with Crippen LogP contribution in [-0.2, 0) is 4.74 Å². The van der Waals surface area contributed by atoms with Crippen LogP contribution in [0, 0.1) is 12.7 Å². The molecular formula is C16H25FN2O. The van der Waals surface area contributed by atoms with Gasteiger partial charge >= 0.3 is 0 Å². The van der Waals surface area contributed by atoms with Crippen LogP contribution in [0.15, 0.2) is 18.2 Å². The number of hydrogen-bond donors (Lipinski definition) is 1. The summed E-state index contributed by atoms with van der Waals surface area (Å²) in [4.78, 5) is 2.23. The normalized spacial score (nSPS) is 20.6. The number of ether oxygens (including phenoxy) is 1. The summed E-state index contributed by atoms with van der Waals surface area (Å²) in [5.41, 5.74) is 7.69. The number of halogens is 1. The van der Waals surface area contributed by atoms with Crippen LogP contribution in [-0.4, -0.2) is 37.2 Å². The largest absolute Gasteiger partial charge is 0.377 e. The number of nitrogens with zero attached hydrogens (tertiary/aromatic N) is 1. The lowest BCUT2D eigenvalue weighted by Crippen LogP contribution is -2.39. The van der Waals surface area contributed by atoms with Crippen LogP contribution in [0.1, 0.15) is 36.9 Å². The van der Waals surface area contributed by atoms with Gasteiger partial charge in [0.05, 0.1) is 6.10 Å². The Bertz CT molecular complexity index is 432. The molecule has 0 aliphatic carbocycles. The molecule has 2 atom stereocenters. The molecule has 1 aliphatic rings. The fraction of sp³-hybridized carbons (Fsp3) is 0.625. The van der Waals surface area contributed by atoms with E-state index in [1.165, 1.54) is 6.07 Å². The topological polar surface area (TPSA) is 38.5 Å². The van der Waals surface area contributed by atoms with Gasteiger partial charge in [-0.25, -0.2) is 4.39 Å². The Kier molecular flexibility index (Phi) is 5.52. The molecule has 1 saturated heterocycles. The molecule has 4 heteroatoms. The second-order valence-corrected chi connectivity index (χ2v) is 5.50. The summed E-state index contributed by atoms with van der Waals surface area (Å²) in [6.07, 6.45) is 2.47. The van der Waals surface area contributed by atoms with E-state index < -0.39 is 0 Å². The van der Waals surface area contributed by atoms with Gasteiger partial charge in [0, 0.05) is 31.3 Å². The SMILES string of the molecule is CCN(CC1CCCO1)C(CN)c1cc(C)ccc1F. The molecule has 1 aliphatic heterocycles. The van der Waals surface area contributed by atoms with Crippen LogP contribution in [0.4, 0.5) is 4.39 Å². The number of aryl methyl sites for hydroxylation is 1. The van der Waals surface area contributed by atoms with E-state index in [0.717, 1.165) is 38.1 Å². The zero-order valence-corrected chi connectivity index (χ0v) is 12.4. The molecule has 0 radical (unpaired) electrons. The standard InChI is InChI=1S/C16H25FN2O/c1-3-19(11-13-5-4-8-20-13)16(10-18)14-9-12(2)6-7-15(14)17/h6-7,9,13,16H,3-5,8,10-11,18H2,1-2H3. The van der Waals surface area contributed by atoms with E-state index in [1.54, 1.807) is 6.07 Å². The van der Waals surface area contributed by atoms with E-state index in [4.69, 9.17) is 10.5 Å². The average Bonchev–Trinajstić information content (AvgIpc) is 2.95. The van der Waals surface area contributed by atoms with Gasteiger partial charge in [0.25, 0.3) is 0 Å². The van der Waals surface area contributed by atoms with Gasteiger partial charge in [0.2, 0.25) is 0 Å². The summed E-state index contributed by atoms with van der Waals surface area (Å²) in [7, 11) is 0. The fourth-order valence-electron chi connectivity index (χ4n) is 2.92. The highest BCUT2D eigenvalue weighted by atomic mass is 19.1. The zero-order chi connectivity index (χ0) is 14.5. The Balaban J connectivity index is 2.17. The summed E-state index contributed by atoms with van der Waals surface area (Å²) in [6, 6.07) is 5.16. The first-order chi connectivity index (χ1) is 9.65. The number of benzene rings is 1. The molecule has 2 N–H and O–H groups in total. The van der Waals surface area contributed by atoms with E-state index in [9.17, 15) is 4.39 Å². The van der Waals surface area contributed by atoms with E-state index in [0.29, 0.717) is 12.1 Å². The monoisotopic (exact) mass is 280 g/mol. The van der Waals surface area contributed by atoms with Gasteiger partial charge in [0.1, 0.15) is 5.82 Å². The Morgan fingerprint density at radius 2 is 2.30 bits per heavy atom. The van der Waals surface area contributed by atoms with Crippen LogP contribution in [0.25, 0.3) is 0 Å². The van der Waals surface area contributed by atoms with Gasteiger partial charge in [-0.05, 0) is 32.4 Å². The molecule has 20 heavy (non-hydrogen) atoms. The Morgan fingerprint density at radius 3 is 2.90 bits per heavy atom. The minimum Gasteiger partial charge on any atom is -0.377 e. The highest BCUT2D eigenvalue weighted by molar-refractivity contribution is 5.27. The van der Waals surface area contributed by atoms with Crippen molar-refractivity contribution in [3.05, 3.63) is 35.1 Å². The van der Waals surface area contributed by atoms with Crippen molar-refractivity contribution < 1.29 is 9.13 Å². The van der Waals surface area contributed by atoms with Gasteiger partial charge in [-0.1, -0.05) is 24.6 Å². The minimum absolute atomic E-state index is 0.0795. The Morgan fingerprint density at radius 1 is 1.50 bits per heavy atom. The molecule has 2 unspecified atom stereocenters. The molecule has 3 nitrogen and oxygen atoms in total. The maximum Gasteiger partial charge on any atom is 0.128 e. The van der Waals surface area contributed by atoms with Crippen LogP contribution >= 0.6 is 0 Å². The Labute approximate surface area is 120 Å². The zero-order valence-electron chi connectivity index (χ0n) is 12.4. The molecule has 1 aromatic rings. The predicted molar refractivity (Wildman–Crippen MR) is 79.2 cm³/mol. The second-order valence-electron chi connectivity index (χ2n) is 5.50. The number of likely N-dealkylation sites (N-methyl/N-ethyl adjacent to an activating group) is 1. The third kappa shape index (κ3) is 3.57. The first kappa shape index (κ1) is 15.4. The third-order valence-electron chi connectivity index (χ3n) is 4.04. The number of hydrogen-bond acceptors (Lipinski definition) is 3. The molecule has 0 bridgehead atoms. The molecule has 112 valence electrons. The van der Waals surface area contributed by atoms with Crippen molar-refractivity contribution in [2.24, 2.45) is 5.73 Å². The summed E-state index contributed by atoms with van der Waals surface area (Å²) in [5, 5.41) is 0. The lowest BCUT2D eigenvalue weighted by molar-refractivity contribution is 0.0595. The highest BCUT2D eigenvalue weighted by Gasteiger charge is 2.25. The van der Waals surface area contributed by atoms with Crippen molar-refractivity contribution in [3.63, 3.8) is 0 Å². The third-order valence-corrected chi connectivity index (χ3v) is 4.04. The first-order valence-corrected chi connectivity index (χ1v) is 7.47. The van der Waals surface area contributed by atoms with Crippen molar-refractivity contribution in [1.82, 2.24) is 4.90 Å². The quantitative estimate of drug-likeness (QED) is 0.870. The lowest BCUT2D eigenvalue weighted by Gasteiger charge is -2.32. The van der Waals surface area contributed by atoms with E-state index >= 15 is 0 Å². The summed E-state index contributed by atoms with van der Waals surface area (Å²) in [6.45, 7) is 6.99. The molecule has 1 heterocycles. The molecule has 0 aromatic heterocycles. The van der Waals surface area contributed by atoms with Crippen molar-refractivity contribution in [1.29, 1.82) is 0 Å².